The van der Waals surface area contributed by atoms with Gasteiger partial charge in [-0.3, -0.25) is 0 Å². The number of carboxylic acids is 1. The lowest BCUT2D eigenvalue weighted by molar-refractivity contribution is 0.0351. The molecule has 0 amide bonds. The van der Waals surface area contributed by atoms with Gasteiger partial charge in [0.25, 0.3) is 0 Å². The standard InChI is InChI=1S/C13H18N2O3/c1-13(18)5-7-15(8-6-13)10-4-2-3-9(11(10)14)12(16)17/h2-4,18H,5-8,14H2,1H3,(H,16,17). The number of aromatic carboxylic acids is 1. The molecule has 1 aromatic rings. The number of anilines is 2. The van der Waals surface area contributed by atoms with Gasteiger partial charge in [0.05, 0.1) is 22.5 Å². The molecule has 0 bridgehead atoms. The largest absolute Gasteiger partial charge is 0.478 e. The van der Waals surface area contributed by atoms with E-state index in [4.69, 9.17) is 10.8 Å². The Bertz CT molecular complexity index is 461. The van der Waals surface area contributed by atoms with E-state index in [-0.39, 0.29) is 5.56 Å². The minimum Gasteiger partial charge on any atom is -0.478 e. The molecule has 5 heteroatoms. The summed E-state index contributed by atoms with van der Waals surface area (Å²) < 4.78 is 0. The van der Waals surface area contributed by atoms with Crippen molar-refractivity contribution in [1.29, 1.82) is 0 Å². The van der Waals surface area contributed by atoms with Gasteiger partial charge in [-0.1, -0.05) is 6.07 Å². The highest BCUT2D eigenvalue weighted by Gasteiger charge is 2.28. The van der Waals surface area contributed by atoms with Crippen molar-refractivity contribution >= 4 is 17.3 Å². The summed E-state index contributed by atoms with van der Waals surface area (Å²) in [6, 6.07) is 5.02. The van der Waals surface area contributed by atoms with Crippen molar-refractivity contribution in [3.63, 3.8) is 0 Å². The molecule has 0 radical (unpaired) electrons. The molecule has 1 aliphatic rings. The van der Waals surface area contributed by atoms with Crippen LogP contribution in [0.2, 0.25) is 0 Å². The molecule has 2 rings (SSSR count). The number of carboxylic acid groups (broad SMARTS) is 1. The molecule has 1 fully saturated rings. The van der Waals surface area contributed by atoms with Gasteiger partial charge in [-0.15, -0.1) is 0 Å². The lowest BCUT2D eigenvalue weighted by atomic mass is 9.93. The maximum absolute atomic E-state index is 11.0. The second-order valence-corrected chi connectivity index (χ2v) is 5.03. The highest BCUT2D eigenvalue weighted by Crippen LogP contribution is 2.31. The summed E-state index contributed by atoms with van der Waals surface area (Å²) in [4.78, 5) is 13.0. The monoisotopic (exact) mass is 250 g/mol. The molecule has 0 atom stereocenters. The number of carbonyl (C=O) groups is 1. The van der Waals surface area contributed by atoms with E-state index in [1.54, 1.807) is 6.07 Å². The Kier molecular flexibility index (Phi) is 3.17. The molecule has 5 nitrogen and oxygen atoms in total. The zero-order valence-electron chi connectivity index (χ0n) is 10.4. The first-order chi connectivity index (χ1) is 8.41. The molecule has 18 heavy (non-hydrogen) atoms. The van der Waals surface area contributed by atoms with E-state index < -0.39 is 11.6 Å². The quantitative estimate of drug-likeness (QED) is 0.689. The van der Waals surface area contributed by atoms with Crippen molar-refractivity contribution in [3.8, 4) is 0 Å². The molecule has 98 valence electrons. The van der Waals surface area contributed by atoms with Crippen LogP contribution in [0.25, 0.3) is 0 Å². The van der Waals surface area contributed by atoms with Gasteiger partial charge in [0, 0.05) is 13.1 Å². The number of nitrogens with two attached hydrogens (primary N) is 1. The Morgan fingerprint density at radius 3 is 2.56 bits per heavy atom. The minimum atomic E-state index is -1.02. The molecule has 4 N–H and O–H groups in total. The molecule has 1 aliphatic heterocycles. The number of benzene rings is 1. The first kappa shape index (κ1) is 12.7. The van der Waals surface area contributed by atoms with Gasteiger partial charge >= 0.3 is 5.97 Å². The number of hydrogen-bond acceptors (Lipinski definition) is 4. The molecule has 0 spiro atoms. The van der Waals surface area contributed by atoms with E-state index in [1.807, 2.05) is 17.9 Å². The van der Waals surface area contributed by atoms with Crippen LogP contribution in [-0.4, -0.2) is 34.9 Å². The van der Waals surface area contributed by atoms with Crippen molar-refractivity contribution < 1.29 is 15.0 Å². The maximum Gasteiger partial charge on any atom is 0.337 e. The molecular formula is C13H18N2O3. The zero-order chi connectivity index (χ0) is 13.3. The van der Waals surface area contributed by atoms with Gasteiger partial charge in [-0.2, -0.15) is 0 Å². The van der Waals surface area contributed by atoms with E-state index in [0.717, 1.165) is 5.69 Å². The van der Waals surface area contributed by atoms with Crippen molar-refractivity contribution in [2.24, 2.45) is 0 Å². The predicted molar refractivity (Wildman–Crippen MR) is 69.9 cm³/mol. The number of para-hydroxylation sites is 1. The van der Waals surface area contributed by atoms with Crippen molar-refractivity contribution in [2.75, 3.05) is 23.7 Å². The fourth-order valence-corrected chi connectivity index (χ4v) is 2.24. The van der Waals surface area contributed by atoms with E-state index in [1.165, 1.54) is 6.07 Å². The van der Waals surface area contributed by atoms with Gasteiger partial charge in [0.2, 0.25) is 0 Å². The number of nitrogen functional groups attached to an aromatic ring is 1. The van der Waals surface area contributed by atoms with Crippen LogP contribution in [0.5, 0.6) is 0 Å². The summed E-state index contributed by atoms with van der Waals surface area (Å²) in [5, 5.41) is 18.9. The molecule has 0 unspecified atom stereocenters. The van der Waals surface area contributed by atoms with Crippen LogP contribution in [-0.2, 0) is 0 Å². The summed E-state index contributed by atoms with van der Waals surface area (Å²) in [5.41, 5.74) is 6.44. The summed E-state index contributed by atoms with van der Waals surface area (Å²) in [6.45, 7) is 3.18. The second kappa shape index (κ2) is 4.49. The topological polar surface area (TPSA) is 86.8 Å². The Hall–Kier alpha value is -1.75. The summed E-state index contributed by atoms with van der Waals surface area (Å²) in [5.74, 6) is -1.02. The Morgan fingerprint density at radius 1 is 1.39 bits per heavy atom. The van der Waals surface area contributed by atoms with Gasteiger partial charge < -0.3 is 20.8 Å². The zero-order valence-corrected chi connectivity index (χ0v) is 10.4. The van der Waals surface area contributed by atoms with Crippen molar-refractivity contribution in [3.05, 3.63) is 23.8 Å². The lowest BCUT2D eigenvalue weighted by Crippen LogP contribution is -2.42. The maximum atomic E-state index is 11.0. The Balaban J connectivity index is 2.25. The fourth-order valence-electron chi connectivity index (χ4n) is 2.24. The SMILES string of the molecule is CC1(O)CCN(c2cccc(C(=O)O)c2N)CC1. The highest BCUT2D eigenvalue weighted by atomic mass is 16.4. The third kappa shape index (κ3) is 2.41. The molecule has 1 heterocycles. The van der Waals surface area contributed by atoms with Crippen LogP contribution in [0.4, 0.5) is 11.4 Å². The molecule has 1 saturated heterocycles. The van der Waals surface area contributed by atoms with E-state index in [0.29, 0.717) is 31.6 Å². The van der Waals surface area contributed by atoms with Gasteiger partial charge in [-0.25, -0.2) is 4.79 Å². The predicted octanol–water partition coefficient (Wildman–Crippen LogP) is 1.32. The van der Waals surface area contributed by atoms with Crippen LogP contribution < -0.4 is 10.6 Å². The lowest BCUT2D eigenvalue weighted by Gasteiger charge is -2.37. The average Bonchev–Trinajstić information content (AvgIpc) is 2.29. The third-order valence-corrected chi connectivity index (χ3v) is 3.49. The van der Waals surface area contributed by atoms with Crippen molar-refractivity contribution in [1.82, 2.24) is 0 Å². The summed E-state index contributed by atoms with van der Waals surface area (Å²) in [7, 11) is 0. The Morgan fingerprint density at radius 2 is 2.00 bits per heavy atom. The van der Waals surface area contributed by atoms with E-state index >= 15 is 0 Å². The average molecular weight is 250 g/mol. The summed E-state index contributed by atoms with van der Waals surface area (Å²) >= 11 is 0. The molecule has 0 aromatic heterocycles. The van der Waals surface area contributed by atoms with Crippen LogP contribution in [0.15, 0.2) is 18.2 Å². The number of hydrogen-bond donors (Lipinski definition) is 3. The first-order valence-corrected chi connectivity index (χ1v) is 6.00. The molecule has 0 aliphatic carbocycles. The van der Waals surface area contributed by atoms with Crippen LogP contribution >= 0.6 is 0 Å². The van der Waals surface area contributed by atoms with Gasteiger partial charge in [-0.05, 0) is 31.9 Å². The third-order valence-electron chi connectivity index (χ3n) is 3.49. The summed E-state index contributed by atoms with van der Waals surface area (Å²) in [6.07, 6.45) is 1.31. The smallest absolute Gasteiger partial charge is 0.337 e. The molecular weight excluding hydrogens is 232 g/mol. The number of piperidine rings is 1. The molecule has 0 saturated carbocycles. The van der Waals surface area contributed by atoms with Gasteiger partial charge in [0.1, 0.15) is 0 Å². The normalized spacial score (nSPS) is 18.7. The first-order valence-electron chi connectivity index (χ1n) is 6.00. The minimum absolute atomic E-state index is 0.129. The number of rotatable bonds is 2. The Labute approximate surface area is 106 Å². The molecule has 1 aromatic carbocycles. The number of nitrogens with zero attached hydrogens (tertiary/aromatic N) is 1. The van der Waals surface area contributed by atoms with Crippen LogP contribution in [0.1, 0.15) is 30.1 Å². The van der Waals surface area contributed by atoms with E-state index in [9.17, 15) is 9.90 Å². The second-order valence-electron chi connectivity index (χ2n) is 5.03. The van der Waals surface area contributed by atoms with Crippen LogP contribution in [0, 0.1) is 0 Å². The van der Waals surface area contributed by atoms with Crippen LogP contribution in [0.3, 0.4) is 0 Å². The van der Waals surface area contributed by atoms with E-state index in [2.05, 4.69) is 0 Å². The van der Waals surface area contributed by atoms with Gasteiger partial charge in [0.15, 0.2) is 0 Å². The highest BCUT2D eigenvalue weighted by molar-refractivity contribution is 5.97. The fraction of sp³-hybridized carbons (Fsp3) is 0.462. The number of aliphatic hydroxyl groups is 1. The van der Waals surface area contributed by atoms with Crippen molar-refractivity contribution in [2.45, 2.75) is 25.4 Å².